The molecule has 0 aliphatic heterocycles. The molecular weight excluding hydrogens is 693 g/mol. The number of para-hydroxylation sites is 1. The molecule has 274 valence electrons. The Labute approximate surface area is 334 Å². The molecule has 0 bridgehead atoms. The minimum atomic E-state index is 0.366. The predicted molar refractivity (Wildman–Crippen MR) is 240 cm³/mol. The van der Waals surface area contributed by atoms with Gasteiger partial charge in [0.25, 0.3) is 0 Å². The first kappa shape index (κ1) is 35.7. The van der Waals surface area contributed by atoms with Gasteiger partial charge >= 0.3 is 0 Å². The number of fused-ring (bicyclic) bond motifs is 4. The first-order valence-electron chi connectivity index (χ1n) is 19.9. The van der Waals surface area contributed by atoms with Gasteiger partial charge < -0.3 is 4.42 Å². The number of hydrogen-bond donors (Lipinski definition) is 0. The van der Waals surface area contributed by atoms with Gasteiger partial charge in [0.15, 0.2) is 0 Å². The smallest absolute Gasteiger partial charge is 0.143 e. The lowest BCUT2D eigenvalue weighted by molar-refractivity contribution is 0.670. The van der Waals surface area contributed by atoms with Gasteiger partial charge in [-0.25, -0.2) is 0 Å². The number of hydrogen-bond acceptors (Lipinski definition) is 3. The summed E-state index contributed by atoms with van der Waals surface area (Å²) in [5.41, 5.74) is 14.9. The molecule has 0 radical (unpaired) electrons. The molecule has 3 nitrogen and oxygen atoms in total. The molecule has 9 rings (SSSR count). The highest BCUT2D eigenvalue weighted by molar-refractivity contribution is 6.11. The van der Waals surface area contributed by atoms with E-state index in [1.54, 1.807) is 0 Å². The summed E-state index contributed by atoms with van der Waals surface area (Å²) in [6.45, 7) is 4.44. The van der Waals surface area contributed by atoms with Crippen molar-refractivity contribution < 1.29 is 4.42 Å². The van der Waals surface area contributed by atoms with E-state index in [1.807, 2.05) is 24.3 Å². The van der Waals surface area contributed by atoms with Gasteiger partial charge in [0.2, 0.25) is 0 Å². The second kappa shape index (κ2) is 15.6. The molecule has 7 aromatic carbocycles. The molecule has 0 N–H and O–H groups in total. The molecule has 0 saturated carbocycles. The van der Waals surface area contributed by atoms with E-state index in [0.717, 1.165) is 80.4 Å². The lowest BCUT2D eigenvalue weighted by Crippen LogP contribution is -2.10. The summed E-state index contributed by atoms with van der Waals surface area (Å²) in [7, 11) is 0. The van der Waals surface area contributed by atoms with Crippen LogP contribution in [0, 0.1) is 17.2 Å². The Kier molecular flexibility index (Phi) is 9.77. The molecule has 1 aliphatic carbocycles. The molecule has 1 heterocycles. The lowest BCUT2D eigenvalue weighted by atomic mass is 9.95. The third kappa shape index (κ3) is 7.15. The van der Waals surface area contributed by atoms with Crippen LogP contribution in [0.5, 0.6) is 0 Å². The molecule has 0 saturated heterocycles. The van der Waals surface area contributed by atoms with Crippen LogP contribution in [0.3, 0.4) is 0 Å². The Morgan fingerprint density at radius 2 is 1.35 bits per heavy atom. The maximum Gasteiger partial charge on any atom is 0.143 e. The van der Waals surface area contributed by atoms with Crippen LogP contribution in [0.15, 0.2) is 185 Å². The average molecular weight is 735 g/mol. The summed E-state index contributed by atoms with van der Waals surface area (Å²) in [6.07, 6.45) is 12.0. The summed E-state index contributed by atoms with van der Waals surface area (Å²) in [5.74, 6) is 0.366. The van der Waals surface area contributed by atoms with Gasteiger partial charge in [0, 0.05) is 33.5 Å². The molecule has 0 spiro atoms. The van der Waals surface area contributed by atoms with Crippen molar-refractivity contribution in [2.24, 2.45) is 10.9 Å². The van der Waals surface area contributed by atoms with Crippen LogP contribution in [0.4, 0.5) is 0 Å². The van der Waals surface area contributed by atoms with Crippen LogP contribution in [0.2, 0.25) is 0 Å². The zero-order chi connectivity index (χ0) is 38.7. The molecule has 57 heavy (non-hydrogen) atoms. The van der Waals surface area contributed by atoms with Crippen LogP contribution >= 0.6 is 0 Å². The van der Waals surface area contributed by atoms with Crippen molar-refractivity contribution in [1.29, 1.82) is 5.26 Å². The quantitative estimate of drug-likeness (QED) is 0.156. The van der Waals surface area contributed by atoms with Crippen molar-refractivity contribution in [2.45, 2.75) is 33.1 Å². The molecule has 1 atom stereocenters. The number of nitrogens with zero attached hydrogens (tertiary/aromatic N) is 2. The second-order valence-electron chi connectivity index (χ2n) is 14.8. The molecule has 0 fully saturated rings. The molecule has 1 unspecified atom stereocenters. The van der Waals surface area contributed by atoms with Crippen LogP contribution in [0.1, 0.15) is 49.8 Å². The Morgan fingerprint density at radius 3 is 2.09 bits per heavy atom. The first-order valence-corrected chi connectivity index (χ1v) is 19.9. The van der Waals surface area contributed by atoms with Gasteiger partial charge in [-0.15, -0.1) is 0 Å². The van der Waals surface area contributed by atoms with Crippen molar-refractivity contribution in [1.82, 2.24) is 0 Å². The number of furan rings is 1. The molecular formula is C54H42N2O. The summed E-state index contributed by atoms with van der Waals surface area (Å²) < 4.78 is 6.44. The normalized spacial score (nSPS) is 15.2. The average Bonchev–Trinajstić information content (AvgIpc) is 3.52. The fourth-order valence-electron chi connectivity index (χ4n) is 8.07. The second-order valence-corrected chi connectivity index (χ2v) is 14.8. The third-order valence-electron chi connectivity index (χ3n) is 11.2. The number of benzene rings is 7. The Morgan fingerprint density at radius 1 is 0.667 bits per heavy atom. The Balaban J connectivity index is 1.000. The number of allylic oxidation sites excluding steroid dienone is 5. The SMILES string of the molecule is CC/C=C(\N=C1C=CC(c2ccccc2)=CCC1CC)c1cccc(-c2ccc3cc(-c4ccc5oc6c(-c7ccc(C#N)cc7)cccc6c5c4)ccc3c2)c1. The van der Waals surface area contributed by atoms with Crippen molar-refractivity contribution >= 4 is 49.7 Å². The van der Waals surface area contributed by atoms with E-state index < -0.39 is 0 Å². The minimum absolute atomic E-state index is 0.366. The summed E-state index contributed by atoms with van der Waals surface area (Å²) >= 11 is 0. The first-order chi connectivity index (χ1) is 28.1. The standard InChI is InChI=1S/C54H42N2O/c1-3-10-51(56-52-29-27-39(22-21-37(52)4-2)38-11-6-5-7-12-38)47-14-8-13-41(33-47)42-23-24-44-32-45(26-25-43(44)31-42)46-28-30-53-50(34-46)49-16-9-15-48(54(49)57-53)40-19-17-36(35-55)18-20-40/h5-20,22-34,37H,3-4,21H2,1-2H3/b51-10-,56-52?. The van der Waals surface area contributed by atoms with Crippen molar-refractivity contribution in [3.05, 3.63) is 193 Å². The van der Waals surface area contributed by atoms with E-state index in [2.05, 4.69) is 172 Å². The van der Waals surface area contributed by atoms with Gasteiger partial charge in [-0.05, 0) is 118 Å². The fraction of sp³-hybridized carbons (Fsp3) is 0.111. The highest BCUT2D eigenvalue weighted by Crippen LogP contribution is 2.38. The molecule has 1 aromatic heterocycles. The highest BCUT2D eigenvalue weighted by Gasteiger charge is 2.17. The van der Waals surface area contributed by atoms with Gasteiger partial charge in [-0.1, -0.05) is 141 Å². The van der Waals surface area contributed by atoms with E-state index in [4.69, 9.17) is 9.41 Å². The minimum Gasteiger partial charge on any atom is -0.455 e. The summed E-state index contributed by atoms with van der Waals surface area (Å²) in [6, 6.07) is 55.5. The van der Waals surface area contributed by atoms with Gasteiger partial charge in [0.05, 0.1) is 17.3 Å². The van der Waals surface area contributed by atoms with Crippen molar-refractivity contribution in [3.8, 4) is 39.4 Å². The van der Waals surface area contributed by atoms with E-state index in [1.165, 1.54) is 33.0 Å². The monoisotopic (exact) mass is 734 g/mol. The largest absolute Gasteiger partial charge is 0.455 e. The van der Waals surface area contributed by atoms with Crippen LogP contribution in [-0.4, -0.2) is 5.71 Å². The number of nitriles is 1. The zero-order valence-electron chi connectivity index (χ0n) is 32.2. The van der Waals surface area contributed by atoms with Crippen LogP contribution < -0.4 is 0 Å². The third-order valence-corrected chi connectivity index (χ3v) is 11.2. The van der Waals surface area contributed by atoms with Crippen LogP contribution in [-0.2, 0) is 0 Å². The van der Waals surface area contributed by atoms with Crippen LogP contribution in [0.25, 0.3) is 77.4 Å². The topological polar surface area (TPSA) is 49.3 Å². The predicted octanol–water partition coefficient (Wildman–Crippen LogP) is 14.9. The number of aliphatic imine (C=N–C) groups is 1. The fourth-order valence-corrected chi connectivity index (χ4v) is 8.07. The maximum atomic E-state index is 9.26. The van der Waals surface area contributed by atoms with E-state index in [0.29, 0.717) is 11.5 Å². The maximum absolute atomic E-state index is 9.26. The van der Waals surface area contributed by atoms with E-state index >= 15 is 0 Å². The molecule has 1 aliphatic rings. The highest BCUT2D eigenvalue weighted by atomic mass is 16.3. The number of rotatable bonds is 8. The Hall–Kier alpha value is -7.02. The van der Waals surface area contributed by atoms with Crippen molar-refractivity contribution in [2.75, 3.05) is 0 Å². The van der Waals surface area contributed by atoms with Gasteiger partial charge in [-0.3, -0.25) is 4.99 Å². The lowest BCUT2D eigenvalue weighted by Gasteiger charge is -2.14. The Bertz CT molecular complexity index is 2950. The van der Waals surface area contributed by atoms with Gasteiger partial charge in [0.1, 0.15) is 11.2 Å². The van der Waals surface area contributed by atoms with E-state index in [9.17, 15) is 5.26 Å². The van der Waals surface area contributed by atoms with Crippen molar-refractivity contribution in [3.63, 3.8) is 0 Å². The zero-order valence-corrected chi connectivity index (χ0v) is 32.2. The summed E-state index contributed by atoms with van der Waals surface area (Å²) in [4.78, 5) is 5.36. The van der Waals surface area contributed by atoms with E-state index in [-0.39, 0.29) is 0 Å². The molecule has 0 amide bonds. The van der Waals surface area contributed by atoms with Gasteiger partial charge in [-0.2, -0.15) is 5.26 Å². The summed E-state index contributed by atoms with van der Waals surface area (Å²) in [5, 5.41) is 13.8. The molecule has 3 heteroatoms. The molecule has 8 aromatic rings.